The summed E-state index contributed by atoms with van der Waals surface area (Å²) in [4.78, 5) is 13.4. The molecule has 0 saturated carbocycles. The largest absolute Gasteiger partial charge is 0.357 e. The molecule has 2 aromatic rings. The number of hydrogen-bond acceptors (Lipinski definition) is 6. The molecular formula is C15H18ClN5S. The van der Waals surface area contributed by atoms with Gasteiger partial charge in [0.25, 0.3) is 0 Å². The van der Waals surface area contributed by atoms with E-state index in [1.807, 2.05) is 17.5 Å². The summed E-state index contributed by atoms with van der Waals surface area (Å²) in [6.07, 6.45) is 1.64. The zero-order chi connectivity index (χ0) is 16.0. The Morgan fingerprint density at radius 1 is 1.23 bits per heavy atom. The van der Waals surface area contributed by atoms with E-state index in [4.69, 9.17) is 11.6 Å². The highest BCUT2D eigenvalue weighted by molar-refractivity contribution is 7.10. The standard InChI is InChI=1S/C15H18ClN5S/c1-4-15(5-2,9-8-11-7-6-10-22-11)21-14-19-12(16)18-13(17-3)20-14/h6-7,10H,4-5H2,1-3H3,(H2,17,18,19,20,21). The molecule has 22 heavy (non-hydrogen) atoms. The number of thiophene rings is 1. The van der Waals surface area contributed by atoms with Crippen LogP contribution in [0.15, 0.2) is 17.5 Å². The Labute approximate surface area is 139 Å². The van der Waals surface area contributed by atoms with Crippen LogP contribution >= 0.6 is 22.9 Å². The smallest absolute Gasteiger partial charge is 0.230 e. The first-order valence-electron chi connectivity index (χ1n) is 7.05. The van der Waals surface area contributed by atoms with Gasteiger partial charge in [-0.25, -0.2) is 0 Å². The second-order valence-corrected chi connectivity index (χ2v) is 5.93. The summed E-state index contributed by atoms with van der Waals surface area (Å²) in [6.45, 7) is 4.17. The monoisotopic (exact) mass is 335 g/mol. The minimum atomic E-state index is -0.403. The van der Waals surface area contributed by atoms with Gasteiger partial charge in [0, 0.05) is 7.05 Å². The number of nitrogens with one attached hydrogen (secondary N) is 2. The van der Waals surface area contributed by atoms with E-state index < -0.39 is 5.54 Å². The second kappa shape index (κ2) is 7.43. The van der Waals surface area contributed by atoms with Crippen LogP contribution in [-0.4, -0.2) is 27.5 Å². The quantitative estimate of drug-likeness (QED) is 0.817. The first-order valence-corrected chi connectivity index (χ1v) is 8.30. The lowest BCUT2D eigenvalue weighted by Crippen LogP contribution is -2.36. The van der Waals surface area contributed by atoms with Gasteiger partial charge in [-0.15, -0.1) is 11.3 Å². The van der Waals surface area contributed by atoms with E-state index >= 15 is 0 Å². The van der Waals surface area contributed by atoms with E-state index in [2.05, 4.69) is 51.3 Å². The zero-order valence-corrected chi connectivity index (χ0v) is 14.3. The van der Waals surface area contributed by atoms with Gasteiger partial charge in [-0.1, -0.05) is 31.8 Å². The molecule has 0 spiro atoms. The molecule has 0 amide bonds. The lowest BCUT2D eigenvalue weighted by atomic mass is 9.93. The van der Waals surface area contributed by atoms with Crippen molar-refractivity contribution in [2.45, 2.75) is 32.2 Å². The van der Waals surface area contributed by atoms with Gasteiger partial charge in [0.1, 0.15) is 5.54 Å². The van der Waals surface area contributed by atoms with Gasteiger partial charge in [-0.2, -0.15) is 15.0 Å². The molecule has 116 valence electrons. The Balaban J connectivity index is 2.30. The molecule has 7 heteroatoms. The van der Waals surface area contributed by atoms with Gasteiger partial charge in [0.05, 0.1) is 4.88 Å². The fourth-order valence-corrected chi connectivity index (χ4v) is 2.63. The van der Waals surface area contributed by atoms with Crippen LogP contribution in [0, 0.1) is 11.8 Å². The maximum atomic E-state index is 5.93. The highest BCUT2D eigenvalue weighted by Gasteiger charge is 2.25. The lowest BCUT2D eigenvalue weighted by Gasteiger charge is -2.27. The topological polar surface area (TPSA) is 62.7 Å². The molecule has 0 radical (unpaired) electrons. The van der Waals surface area contributed by atoms with Crippen LogP contribution < -0.4 is 10.6 Å². The molecule has 0 aliphatic heterocycles. The van der Waals surface area contributed by atoms with Gasteiger partial charge in [0.2, 0.25) is 17.2 Å². The normalized spacial score (nSPS) is 10.7. The molecule has 0 saturated heterocycles. The van der Waals surface area contributed by atoms with E-state index in [9.17, 15) is 0 Å². The number of anilines is 2. The molecule has 0 aliphatic carbocycles. The Morgan fingerprint density at radius 3 is 2.55 bits per heavy atom. The highest BCUT2D eigenvalue weighted by atomic mass is 35.5. The van der Waals surface area contributed by atoms with Crippen molar-refractivity contribution in [1.82, 2.24) is 15.0 Å². The second-order valence-electron chi connectivity index (χ2n) is 4.64. The van der Waals surface area contributed by atoms with Gasteiger partial charge in [-0.3, -0.25) is 0 Å². The molecule has 2 N–H and O–H groups in total. The summed E-state index contributed by atoms with van der Waals surface area (Å²) in [5.74, 6) is 7.39. The minimum absolute atomic E-state index is 0.147. The Hall–Kier alpha value is -1.84. The number of aromatic nitrogens is 3. The third-order valence-electron chi connectivity index (χ3n) is 3.34. The average molecular weight is 336 g/mol. The molecule has 0 fully saturated rings. The SMILES string of the molecule is CCC(C#Cc1cccs1)(CC)Nc1nc(Cl)nc(NC)n1. The van der Waals surface area contributed by atoms with E-state index in [1.165, 1.54) is 0 Å². The van der Waals surface area contributed by atoms with Crippen LogP contribution in [-0.2, 0) is 0 Å². The van der Waals surface area contributed by atoms with E-state index in [0.29, 0.717) is 11.9 Å². The summed E-state index contributed by atoms with van der Waals surface area (Å²) in [6, 6.07) is 4.00. The minimum Gasteiger partial charge on any atom is -0.357 e. The molecule has 2 aromatic heterocycles. The third kappa shape index (κ3) is 4.09. The lowest BCUT2D eigenvalue weighted by molar-refractivity contribution is 0.550. The maximum absolute atomic E-state index is 5.93. The van der Waals surface area contributed by atoms with Crippen LogP contribution in [0.3, 0.4) is 0 Å². The summed E-state index contributed by atoms with van der Waals surface area (Å²) in [7, 11) is 1.74. The molecule has 2 heterocycles. The van der Waals surface area contributed by atoms with Crippen LogP contribution in [0.2, 0.25) is 5.28 Å². The molecule has 5 nitrogen and oxygen atoms in total. The Kier molecular flexibility index (Phi) is 5.58. The van der Waals surface area contributed by atoms with Crippen LogP contribution in [0.5, 0.6) is 0 Å². The van der Waals surface area contributed by atoms with E-state index in [0.717, 1.165) is 17.7 Å². The van der Waals surface area contributed by atoms with E-state index in [1.54, 1.807) is 18.4 Å². The molecule has 2 rings (SSSR count). The molecular weight excluding hydrogens is 318 g/mol. The van der Waals surface area contributed by atoms with Crippen molar-refractivity contribution < 1.29 is 0 Å². The van der Waals surface area contributed by atoms with Gasteiger partial charge < -0.3 is 10.6 Å². The fourth-order valence-electron chi connectivity index (χ4n) is 1.90. The molecule has 0 aliphatic rings. The first kappa shape index (κ1) is 16.5. The molecule has 0 atom stereocenters. The fraction of sp³-hybridized carbons (Fsp3) is 0.400. The summed E-state index contributed by atoms with van der Waals surface area (Å²) < 4.78 is 0. The summed E-state index contributed by atoms with van der Waals surface area (Å²) in [5.41, 5.74) is -0.403. The van der Waals surface area contributed by atoms with Crippen molar-refractivity contribution in [2.75, 3.05) is 17.7 Å². The average Bonchev–Trinajstić information content (AvgIpc) is 3.04. The number of nitrogens with zero attached hydrogens (tertiary/aromatic N) is 3. The maximum Gasteiger partial charge on any atom is 0.230 e. The van der Waals surface area contributed by atoms with Gasteiger partial charge in [-0.05, 0) is 35.9 Å². The highest BCUT2D eigenvalue weighted by Crippen LogP contribution is 2.21. The third-order valence-corrected chi connectivity index (χ3v) is 4.29. The Bertz CT molecular complexity index is 671. The van der Waals surface area contributed by atoms with Crippen molar-refractivity contribution in [2.24, 2.45) is 0 Å². The predicted octanol–water partition coefficient (Wildman–Crippen LogP) is 3.65. The first-order chi connectivity index (χ1) is 10.6. The van der Waals surface area contributed by atoms with Crippen molar-refractivity contribution >= 4 is 34.8 Å². The number of halogens is 1. The summed E-state index contributed by atoms with van der Waals surface area (Å²) >= 11 is 7.55. The van der Waals surface area contributed by atoms with Gasteiger partial charge in [0.15, 0.2) is 0 Å². The van der Waals surface area contributed by atoms with Crippen LogP contribution in [0.1, 0.15) is 31.6 Å². The molecule has 0 unspecified atom stereocenters. The van der Waals surface area contributed by atoms with E-state index in [-0.39, 0.29) is 5.28 Å². The van der Waals surface area contributed by atoms with Crippen molar-refractivity contribution in [3.63, 3.8) is 0 Å². The Morgan fingerprint density at radius 2 is 1.95 bits per heavy atom. The van der Waals surface area contributed by atoms with Crippen molar-refractivity contribution in [1.29, 1.82) is 0 Å². The number of hydrogen-bond donors (Lipinski definition) is 2. The van der Waals surface area contributed by atoms with Crippen LogP contribution in [0.25, 0.3) is 0 Å². The van der Waals surface area contributed by atoms with Gasteiger partial charge >= 0.3 is 0 Å². The zero-order valence-electron chi connectivity index (χ0n) is 12.8. The van der Waals surface area contributed by atoms with Crippen molar-refractivity contribution in [3.8, 4) is 11.8 Å². The number of rotatable bonds is 5. The van der Waals surface area contributed by atoms with Crippen molar-refractivity contribution in [3.05, 3.63) is 27.7 Å². The molecule has 0 aromatic carbocycles. The predicted molar refractivity (Wildman–Crippen MR) is 92.5 cm³/mol. The molecule has 0 bridgehead atoms. The summed E-state index contributed by atoms with van der Waals surface area (Å²) in [5, 5.41) is 8.34. The van der Waals surface area contributed by atoms with Crippen LogP contribution in [0.4, 0.5) is 11.9 Å².